The summed E-state index contributed by atoms with van der Waals surface area (Å²) in [4.78, 5) is 0. The van der Waals surface area contributed by atoms with Crippen LogP contribution in [0.2, 0.25) is 0 Å². The minimum Gasteiger partial charge on any atom is -0.379 e. The summed E-state index contributed by atoms with van der Waals surface area (Å²) in [5, 5.41) is 0. The Kier molecular flexibility index (Phi) is 4.77. The third kappa shape index (κ3) is 3.93. The van der Waals surface area contributed by atoms with Crippen LogP contribution in [0, 0.1) is 0 Å². The minimum absolute atomic E-state index is 0.0191. The van der Waals surface area contributed by atoms with Crippen molar-refractivity contribution >= 4 is 0 Å². The Morgan fingerprint density at radius 3 is 2.73 bits per heavy atom. The Balaban J connectivity index is 2.30. The standard InChI is InChI=1S/C12H22O3/c1-5-7-8-13-9-11-10(6-2)14-12(3,4)15-11/h6,10-11H,2,5,7-9H2,1,3-4H3/t10-,11+/m1/s1. The van der Waals surface area contributed by atoms with Crippen molar-refractivity contribution in [3.63, 3.8) is 0 Å². The molecule has 0 unspecified atom stereocenters. The molecule has 0 bridgehead atoms. The Morgan fingerprint density at radius 2 is 2.13 bits per heavy atom. The van der Waals surface area contributed by atoms with E-state index in [2.05, 4.69) is 13.5 Å². The topological polar surface area (TPSA) is 27.7 Å². The van der Waals surface area contributed by atoms with Gasteiger partial charge >= 0.3 is 0 Å². The molecule has 0 aromatic carbocycles. The maximum atomic E-state index is 5.71. The summed E-state index contributed by atoms with van der Waals surface area (Å²) in [6.45, 7) is 11.1. The van der Waals surface area contributed by atoms with Gasteiger partial charge in [0.25, 0.3) is 0 Å². The predicted octanol–water partition coefficient (Wildman–Crippen LogP) is 2.51. The highest BCUT2D eigenvalue weighted by molar-refractivity contribution is 4.92. The van der Waals surface area contributed by atoms with Crippen molar-refractivity contribution in [1.82, 2.24) is 0 Å². The lowest BCUT2D eigenvalue weighted by molar-refractivity contribution is -0.148. The first-order valence-corrected chi connectivity index (χ1v) is 5.65. The van der Waals surface area contributed by atoms with E-state index >= 15 is 0 Å². The Morgan fingerprint density at radius 1 is 1.40 bits per heavy atom. The molecule has 1 rings (SSSR count). The normalized spacial score (nSPS) is 29.3. The average molecular weight is 214 g/mol. The molecule has 88 valence electrons. The third-order valence-corrected chi connectivity index (χ3v) is 2.38. The van der Waals surface area contributed by atoms with Crippen molar-refractivity contribution in [2.24, 2.45) is 0 Å². The Bertz CT molecular complexity index is 201. The smallest absolute Gasteiger partial charge is 0.164 e. The molecule has 3 nitrogen and oxygen atoms in total. The molecule has 0 spiro atoms. The van der Waals surface area contributed by atoms with E-state index in [0.717, 1.165) is 19.4 Å². The lowest BCUT2D eigenvalue weighted by atomic mass is 10.2. The third-order valence-electron chi connectivity index (χ3n) is 2.38. The van der Waals surface area contributed by atoms with Gasteiger partial charge in [-0.25, -0.2) is 0 Å². The predicted molar refractivity (Wildman–Crippen MR) is 59.7 cm³/mol. The SMILES string of the molecule is C=C[C@H]1OC(C)(C)O[C@H]1COCCCC. The van der Waals surface area contributed by atoms with Crippen LogP contribution in [0.3, 0.4) is 0 Å². The molecular weight excluding hydrogens is 192 g/mol. The fourth-order valence-electron chi connectivity index (χ4n) is 1.64. The van der Waals surface area contributed by atoms with Crippen LogP contribution in [0.15, 0.2) is 12.7 Å². The van der Waals surface area contributed by atoms with Crippen molar-refractivity contribution in [1.29, 1.82) is 0 Å². The van der Waals surface area contributed by atoms with Gasteiger partial charge in [0.1, 0.15) is 12.2 Å². The van der Waals surface area contributed by atoms with Crippen molar-refractivity contribution in [2.75, 3.05) is 13.2 Å². The number of hydrogen-bond acceptors (Lipinski definition) is 3. The second kappa shape index (κ2) is 5.64. The summed E-state index contributed by atoms with van der Waals surface area (Å²) in [7, 11) is 0. The van der Waals surface area contributed by atoms with Crippen molar-refractivity contribution < 1.29 is 14.2 Å². The zero-order chi connectivity index (χ0) is 11.3. The zero-order valence-electron chi connectivity index (χ0n) is 9.99. The minimum atomic E-state index is -0.516. The highest BCUT2D eigenvalue weighted by Gasteiger charge is 2.39. The van der Waals surface area contributed by atoms with E-state index < -0.39 is 5.79 Å². The van der Waals surface area contributed by atoms with Crippen molar-refractivity contribution in [2.45, 2.75) is 51.6 Å². The molecule has 1 aliphatic heterocycles. The summed E-state index contributed by atoms with van der Waals surface area (Å²) in [6, 6.07) is 0. The molecule has 0 amide bonds. The average Bonchev–Trinajstić information content (AvgIpc) is 2.48. The highest BCUT2D eigenvalue weighted by atomic mass is 16.8. The van der Waals surface area contributed by atoms with Gasteiger partial charge in [-0.3, -0.25) is 0 Å². The summed E-state index contributed by atoms with van der Waals surface area (Å²) < 4.78 is 16.9. The summed E-state index contributed by atoms with van der Waals surface area (Å²) in [5.41, 5.74) is 0. The Labute approximate surface area is 92.4 Å². The van der Waals surface area contributed by atoms with Gasteiger partial charge in [-0.05, 0) is 20.3 Å². The van der Waals surface area contributed by atoms with Crippen LogP contribution in [0.25, 0.3) is 0 Å². The van der Waals surface area contributed by atoms with Gasteiger partial charge < -0.3 is 14.2 Å². The van der Waals surface area contributed by atoms with Gasteiger partial charge in [0.15, 0.2) is 5.79 Å². The van der Waals surface area contributed by atoms with E-state index in [1.807, 2.05) is 13.8 Å². The fraction of sp³-hybridized carbons (Fsp3) is 0.833. The van der Waals surface area contributed by atoms with Crippen LogP contribution in [0.4, 0.5) is 0 Å². The van der Waals surface area contributed by atoms with Gasteiger partial charge in [-0.15, -0.1) is 6.58 Å². The summed E-state index contributed by atoms with van der Waals surface area (Å²) >= 11 is 0. The number of hydrogen-bond donors (Lipinski definition) is 0. The number of unbranched alkanes of at least 4 members (excludes halogenated alkanes) is 1. The molecule has 2 atom stereocenters. The van der Waals surface area contributed by atoms with Crippen LogP contribution in [0.5, 0.6) is 0 Å². The van der Waals surface area contributed by atoms with Gasteiger partial charge in [0.2, 0.25) is 0 Å². The molecule has 0 radical (unpaired) electrons. The lowest BCUT2D eigenvalue weighted by Gasteiger charge is -2.16. The molecule has 0 aliphatic carbocycles. The first-order chi connectivity index (χ1) is 7.09. The number of ether oxygens (including phenoxy) is 3. The maximum Gasteiger partial charge on any atom is 0.164 e. The van der Waals surface area contributed by atoms with Crippen LogP contribution in [0.1, 0.15) is 33.6 Å². The molecule has 1 heterocycles. The van der Waals surface area contributed by atoms with Crippen LogP contribution in [-0.4, -0.2) is 31.2 Å². The molecule has 0 aromatic rings. The van der Waals surface area contributed by atoms with Gasteiger partial charge in [-0.1, -0.05) is 19.4 Å². The van der Waals surface area contributed by atoms with E-state index in [9.17, 15) is 0 Å². The first-order valence-electron chi connectivity index (χ1n) is 5.65. The quantitative estimate of drug-likeness (QED) is 0.502. The molecule has 15 heavy (non-hydrogen) atoms. The number of rotatable bonds is 6. The second-order valence-electron chi connectivity index (χ2n) is 4.30. The van der Waals surface area contributed by atoms with E-state index in [1.165, 1.54) is 0 Å². The zero-order valence-corrected chi connectivity index (χ0v) is 9.99. The van der Waals surface area contributed by atoms with Gasteiger partial charge in [0.05, 0.1) is 6.61 Å². The first kappa shape index (κ1) is 12.7. The second-order valence-corrected chi connectivity index (χ2v) is 4.30. The monoisotopic (exact) mass is 214 g/mol. The lowest BCUT2D eigenvalue weighted by Crippen LogP contribution is -2.26. The van der Waals surface area contributed by atoms with E-state index in [0.29, 0.717) is 6.61 Å². The van der Waals surface area contributed by atoms with Crippen LogP contribution >= 0.6 is 0 Å². The molecule has 0 saturated carbocycles. The van der Waals surface area contributed by atoms with Crippen molar-refractivity contribution in [3.8, 4) is 0 Å². The van der Waals surface area contributed by atoms with E-state index in [1.54, 1.807) is 6.08 Å². The van der Waals surface area contributed by atoms with E-state index in [-0.39, 0.29) is 12.2 Å². The van der Waals surface area contributed by atoms with Crippen LogP contribution in [-0.2, 0) is 14.2 Å². The summed E-state index contributed by atoms with van der Waals surface area (Å²) in [5.74, 6) is -0.516. The summed E-state index contributed by atoms with van der Waals surface area (Å²) in [6.07, 6.45) is 3.95. The Hall–Kier alpha value is -0.380. The van der Waals surface area contributed by atoms with Crippen LogP contribution < -0.4 is 0 Å². The fourth-order valence-corrected chi connectivity index (χ4v) is 1.64. The molecular formula is C12H22O3. The maximum absolute atomic E-state index is 5.71. The molecule has 1 aliphatic rings. The molecule has 0 N–H and O–H groups in total. The molecule has 0 aromatic heterocycles. The van der Waals surface area contributed by atoms with Gasteiger partial charge in [-0.2, -0.15) is 0 Å². The van der Waals surface area contributed by atoms with E-state index in [4.69, 9.17) is 14.2 Å². The van der Waals surface area contributed by atoms with Crippen molar-refractivity contribution in [3.05, 3.63) is 12.7 Å². The molecule has 1 saturated heterocycles. The molecule has 3 heteroatoms. The van der Waals surface area contributed by atoms with Gasteiger partial charge in [0, 0.05) is 6.61 Å². The largest absolute Gasteiger partial charge is 0.379 e. The molecule has 1 fully saturated rings. The highest BCUT2D eigenvalue weighted by Crippen LogP contribution is 2.28.